The first-order valence-electron chi connectivity index (χ1n) is 3.64. The van der Waals surface area contributed by atoms with E-state index in [1.54, 1.807) is 0 Å². The highest BCUT2D eigenvalue weighted by atomic mass is 35.5. The third-order valence-electron chi connectivity index (χ3n) is 1.76. The van der Waals surface area contributed by atoms with Crippen molar-refractivity contribution in [1.82, 2.24) is 0 Å². The van der Waals surface area contributed by atoms with E-state index < -0.39 is 22.3 Å². The molecule has 74 valence electrons. The summed E-state index contributed by atoms with van der Waals surface area (Å²) in [6.45, 7) is 1.43. The highest BCUT2D eigenvalue weighted by Crippen LogP contribution is 2.37. The molecule has 0 spiro atoms. The van der Waals surface area contributed by atoms with Crippen molar-refractivity contribution in [3.63, 3.8) is 0 Å². The minimum Gasteiger partial charge on any atom is -0.192 e. The van der Waals surface area contributed by atoms with Crippen molar-refractivity contribution in [1.29, 1.82) is 5.26 Å². The second-order valence-corrected chi connectivity index (χ2v) is 3.13. The number of halogens is 4. The van der Waals surface area contributed by atoms with Crippen molar-refractivity contribution in [3.05, 3.63) is 33.8 Å². The standard InChI is InChI=1S/C9H5ClF3N/c1-5-2-3-7(10)8(6(5)4-14)9(11,12)13/h2-3H,1H3. The van der Waals surface area contributed by atoms with Crippen molar-refractivity contribution < 1.29 is 13.2 Å². The molecule has 0 saturated carbocycles. The van der Waals surface area contributed by atoms with Crippen molar-refractivity contribution in [2.45, 2.75) is 13.1 Å². The van der Waals surface area contributed by atoms with Gasteiger partial charge in [0.25, 0.3) is 0 Å². The number of alkyl halides is 3. The predicted octanol–water partition coefficient (Wildman–Crippen LogP) is 3.54. The summed E-state index contributed by atoms with van der Waals surface area (Å²) in [4.78, 5) is 0. The molecule has 0 aromatic heterocycles. The summed E-state index contributed by atoms with van der Waals surface area (Å²) in [7, 11) is 0. The topological polar surface area (TPSA) is 23.8 Å². The normalized spacial score (nSPS) is 11.1. The Balaban J connectivity index is 3.56. The highest BCUT2D eigenvalue weighted by molar-refractivity contribution is 6.31. The SMILES string of the molecule is Cc1ccc(Cl)c(C(F)(F)F)c1C#N. The largest absolute Gasteiger partial charge is 0.419 e. The van der Waals surface area contributed by atoms with Crippen LogP contribution in [0.2, 0.25) is 5.02 Å². The van der Waals surface area contributed by atoms with Gasteiger partial charge in [-0.1, -0.05) is 17.7 Å². The highest BCUT2D eigenvalue weighted by Gasteiger charge is 2.36. The van der Waals surface area contributed by atoms with Crippen LogP contribution >= 0.6 is 11.6 Å². The van der Waals surface area contributed by atoms with Gasteiger partial charge in [-0.3, -0.25) is 0 Å². The van der Waals surface area contributed by atoms with E-state index in [1.165, 1.54) is 19.1 Å². The fraction of sp³-hybridized carbons (Fsp3) is 0.222. The second kappa shape index (κ2) is 3.50. The molecule has 14 heavy (non-hydrogen) atoms. The Morgan fingerprint density at radius 3 is 2.29 bits per heavy atom. The molecular weight excluding hydrogens is 215 g/mol. The van der Waals surface area contributed by atoms with E-state index in [2.05, 4.69) is 0 Å². The van der Waals surface area contributed by atoms with E-state index in [4.69, 9.17) is 16.9 Å². The number of hydrogen-bond donors (Lipinski definition) is 0. The average molecular weight is 220 g/mol. The maximum Gasteiger partial charge on any atom is 0.419 e. The molecule has 1 aromatic carbocycles. The Hall–Kier alpha value is -1.21. The number of nitrogens with zero attached hydrogens (tertiary/aromatic N) is 1. The van der Waals surface area contributed by atoms with Crippen LogP contribution in [0, 0.1) is 18.3 Å². The zero-order valence-corrected chi connectivity index (χ0v) is 7.87. The van der Waals surface area contributed by atoms with E-state index in [0.29, 0.717) is 0 Å². The van der Waals surface area contributed by atoms with Gasteiger partial charge in [-0.15, -0.1) is 0 Å². The molecule has 0 bridgehead atoms. The minimum absolute atomic E-state index is 0.268. The Kier molecular flexibility index (Phi) is 2.72. The number of nitriles is 1. The molecule has 0 saturated heterocycles. The van der Waals surface area contributed by atoms with Gasteiger partial charge in [0.15, 0.2) is 0 Å². The van der Waals surface area contributed by atoms with Crippen molar-refractivity contribution >= 4 is 11.6 Å². The van der Waals surface area contributed by atoms with Gasteiger partial charge in [-0.25, -0.2) is 0 Å². The number of rotatable bonds is 0. The van der Waals surface area contributed by atoms with Gasteiger partial charge in [-0.05, 0) is 18.6 Å². The molecule has 1 rings (SSSR count). The summed E-state index contributed by atoms with van der Waals surface area (Å²) < 4.78 is 37.3. The molecule has 5 heteroatoms. The lowest BCUT2D eigenvalue weighted by Gasteiger charge is -2.11. The second-order valence-electron chi connectivity index (χ2n) is 2.72. The molecule has 0 amide bonds. The molecule has 0 radical (unpaired) electrons. The van der Waals surface area contributed by atoms with Gasteiger partial charge in [0.2, 0.25) is 0 Å². The number of benzene rings is 1. The predicted molar refractivity (Wildman–Crippen MR) is 45.9 cm³/mol. The Morgan fingerprint density at radius 2 is 1.93 bits per heavy atom. The summed E-state index contributed by atoms with van der Waals surface area (Å²) in [6.07, 6.45) is -4.59. The molecule has 0 unspecified atom stereocenters. The van der Waals surface area contributed by atoms with Crippen LogP contribution in [0.5, 0.6) is 0 Å². The van der Waals surface area contributed by atoms with Crippen molar-refractivity contribution in [3.8, 4) is 6.07 Å². The first kappa shape index (κ1) is 10.9. The third-order valence-corrected chi connectivity index (χ3v) is 2.07. The fourth-order valence-corrected chi connectivity index (χ4v) is 1.37. The van der Waals surface area contributed by atoms with Crippen LogP contribution in [0.4, 0.5) is 13.2 Å². The first-order valence-corrected chi connectivity index (χ1v) is 4.02. The van der Waals surface area contributed by atoms with E-state index in [1.807, 2.05) is 0 Å². The van der Waals surface area contributed by atoms with Crippen LogP contribution in [-0.4, -0.2) is 0 Å². The van der Waals surface area contributed by atoms with Crippen LogP contribution in [0.25, 0.3) is 0 Å². The van der Waals surface area contributed by atoms with Crippen molar-refractivity contribution in [2.24, 2.45) is 0 Å². The van der Waals surface area contributed by atoms with Crippen LogP contribution in [0.1, 0.15) is 16.7 Å². The van der Waals surface area contributed by atoms with Gasteiger partial charge in [-0.2, -0.15) is 18.4 Å². The first-order chi connectivity index (χ1) is 6.38. The molecule has 1 aromatic rings. The lowest BCUT2D eigenvalue weighted by molar-refractivity contribution is -0.137. The number of hydrogen-bond acceptors (Lipinski definition) is 1. The van der Waals surface area contributed by atoms with Gasteiger partial charge in [0, 0.05) is 0 Å². The van der Waals surface area contributed by atoms with Gasteiger partial charge < -0.3 is 0 Å². The molecule has 0 aliphatic heterocycles. The summed E-state index contributed by atoms with van der Waals surface area (Å²) in [6, 6.07) is 4.03. The quantitative estimate of drug-likeness (QED) is 0.655. The lowest BCUT2D eigenvalue weighted by Crippen LogP contribution is -2.09. The average Bonchev–Trinajstić information content (AvgIpc) is 2.06. The smallest absolute Gasteiger partial charge is 0.192 e. The molecule has 0 atom stereocenters. The van der Waals surface area contributed by atoms with Crippen LogP contribution in [0.3, 0.4) is 0 Å². The van der Waals surface area contributed by atoms with Crippen molar-refractivity contribution in [2.75, 3.05) is 0 Å². The molecule has 0 N–H and O–H groups in total. The third kappa shape index (κ3) is 1.83. The molecular formula is C9H5ClF3N. The van der Waals surface area contributed by atoms with Gasteiger partial charge in [0.05, 0.1) is 16.1 Å². The maximum absolute atomic E-state index is 12.4. The Bertz CT molecular complexity index is 404. The summed E-state index contributed by atoms with van der Waals surface area (Å²) >= 11 is 5.39. The number of aryl methyl sites for hydroxylation is 1. The Morgan fingerprint density at radius 1 is 1.36 bits per heavy atom. The maximum atomic E-state index is 12.4. The van der Waals surface area contributed by atoms with Crippen LogP contribution in [-0.2, 0) is 6.18 Å². The monoisotopic (exact) mass is 219 g/mol. The minimum atomic E-state index is -4.59. The molecule has 0 aliphatic carbocycles. The van der Waals surface area contributed by atoms with Gasteiger partial charge in [0.1, 0.15) is 6.07 Å². The lowest BCUT2D eigenvalue weighted by atomic mass is 10.0. The zero-order valence-electron chi connectivity index (χ0n) is 7.11. The van der Waals surface area contributed by atoms with E-state index in [9.17, 15) is 13.2 Å². The summed E-state index contributed by atoms with van der Waals surface area (Å²) in [5, 5.41) is 8.13. The molecule has 0 fully saturated rings. The molecule has 0 heterocycles. The molecule has 1 nitrogen and oxygen atoms in total. The van der Waals surface area contributed by atoms with E-state index in [0.717, 1.165) is 6.07 Å². The molecule has 0 aliphatic rings. The van der Waals surface area contributed by atoms with Gasteiger partial charge >= 0.3 is 6.18 Å². The Labute approximate surface area is 83.7 Å². The zero-order chi connectivity index (χ0) is 10.9. The summed E-state index contributed by atoms with van der Waals surface area (Å²) in [5.41, 5.74) is -1.20. The van der Waals surface area contributed by atoms with Crippen LogP contribution < -0.4 is 0 Å². The van der Waals surface area contributed by atoms with Crippen LogP contribution in [0.15, 0.2) is 12.1 Å². The summed E-state index contributed by atoms with van der Waals surface area (Å²) in [5.74, 6) is 0. The van der Waals surface area contributed by atoms with E-state index in [-0.39, 0.29) is 5.56 Å². The van der Waals surface area contributed by atoms with E-state index >= 15 is 0 Å². The fourth-order valence-electron chi connectivity index (χ4n) is 1.10.